The molecule has 0 spiro atoms. The Hall–Kier alpha value is -3.11. The van der Waals surface area contributed by atoms with Gasteiger partial charge in [0.2, 0.25) is 5.91 Å². The van der Waals surface area contributed by atoms with E-state index in [9.17, 15) is 4.79 Å². The van der Waals surface area contributed by atoms with Gasteiger partial charge in [0.1, 0.15) is 5.82 Å². The van der Waals surface area contributed by atoms with Crippen molar-refractivity contribution in [2.45, 2.75) is 32.2 Å². The lowest BCUT2D eigenvalue weighted by molar-refractivity contribution is -0.117. The van der Waals surface area contributed by atoms with Gasteiger partial charge in [-0.3, -0.25) is 4.79 Å². The molecule has 1 aliphatic rings. The van der Waals surface area contributed by atoms with Gasteiger partial charge in [-0.05, 0) is 47.9 Å². The van der Waals surface area contributed by atoms with E-state index >= 15 is 0 Å². The molecule has 5 rings (SSSR count). The van der Waals surface area contributed by atoms with E-state index in [0.29, 0.717) is 19.5 Å². The van der Waals surface area contributed by atoms with Gasteiger partial charge in [0.25, 0.3) is 0 Å². The van der Waals surface area contributed by atoms with Crippen molar-refractivity contribution in [3.8, 4) is 0 Å². The lowest BCUT2D eigenvalue weighted by atomic mass is 10.1. The summed E-state index contributed by atoms with van der Waals surface area (Å²) in [6.45, 7) is 3.48. The Bertz CT molecular complexity index is 1250. The van der Waals surface area contributed by atoms with E-state index in [1.807, 2.05) is 59.5 Å². The highest BCUT2D eigenvalue weighted by Gasteiger charge is 2.35. The number of rotatable bonds is 5. The minimum Gasteiger partial charge on any atom is -0.323 e. The van der Waals surface area contributed by atoms with Crippen molar-refractivity contribution < 1.29 is 4.79 Å². The van der Waals surface area contributed by atoms with E-state index in [1.54, 1.807) is 0 Å². The molecule has 0 N–H and O–H groups in total. The molecule has 5 heteroatoms. The smallest absolute Gasteiger partial charge is 0.227 e. The Labute approximate surface area is 187 Å². The molecule has 4 aromatic rings. The van der Waals surface area contributed by atoms with E-state index in [-0.39, 0.29) is 11.8 Å². The molecule has 1 atom stereocenters. The zero-order valence-electron chi connectivity index (χ0n) is 17.5. The molecule has 0 saturated carbocycles. The molecule has 1 aliphatic heterocycles. The molecule has 2 heterocycles. The molecule has 156 valence electrons. The van der Waals surface area contributed by atoms with Gasteiger partial charge in [-0.25, -0.2) is 4.98 Å². The minimum atomic E-state index is 0.0529. The van der Waals surface area contributed by atoms with Gasteiger partial charge in [-0.2, -0.15) is 0 Å². The van der Waals surface area contributed by atoms with Gasteiger partial charge in [0, 0.05) is 36.1 Å². The number of fused-ring (bicyclic) bond motifs is 1. The summed E-state index contributed by atoms with van der Waals surface area (Å²) in [5.41, 5.74) is 5.44. The summed E-state index contributed by atoms with van der Waals surface area (Å²) < 4.78 is 2.26. The Morgan fingerprint density at radius 1 is 1.00 bits per heavy atom. The van der Waals surface area contributed by atoms with E-state index in [4.69, 9.17) is 16.6 Å². The molecule has 31 heavy (non-hydrogen) atoms. The van der Waals surface area contributed by atoms with Crippen molar-refractivity contribution in [3.05, 3.63) is 94.8 Å². The third-order valence-corrected chi connectivity index (χ3v) is 6.34. The standard InChI is InChI=1S/C26H24ClN3O/c1-2-19-7-3-5-9-23(19)29-17-20(15-25(29)31)26-28-22-8-4-6-10-24(22)30(26)16-18-11-13-21(27)14-12-18/h3-14,20H,2,15-17H2,1H3/t20-/m0/s1. The number of carbonyl (C=O) groups is 1. The molecule has 0 unspecified atom stereocenters. The van der Waals surface area contributed by atoms with Crippen molar-refractivity contribution in [2.75, 3.05) is 11.4 Å². The molecule has 1 amide bonds. The first kappa shape index (κ1) is 19.8. The summed E-state index contributed by atoms with van der Waals surface area (Å²) in [5.74, 6) is 1.19. The van der Waals surface area contributed by atoms with Crippen LogP contribution in [0.3, 0.4) is 0 Å². The number of amides is 1. The number of nitrogens with zero attached hydrogens (tertiary/aromatic N) is 3. The number of halogens is 1. The normalized spacial score (nSPS) is 16.4. The van der Waals surface area contributed by atoms with Crippen molar-refractivity contribution >= 4 is 34.2 Å². The monoisotopic (exact) mass is 429 g/mol. The van der Waals surface area contributed by atoms with Crippen LogP contribution < -0.4 is 4.90 Å². The fourth-order valence-electron chi connectivity index (χ4n) is 4.53. The fourth-order valence-corrected chi connectivity index (χ4v) is 4.66. The third-order valence-electron chi connectivity index (χ3n) is 6.09. The Balaban J connectivity index is 1.53. The maximum Gasteiger partial charge on any atom is 0.227 e. The first-order valence-electron chi connectivity index (χ1n) is 10.7. The van der Waals surface area contributed by atoms with Gasteiger partial charge in [-0.1, -0.05) is 61.0 Å². The maximum atomic E-state index is 13.0. The minimum absolute atomic E-state index is 0.0529. The molecule has 4 nitrogen and oxygen atoms in total. The first-order chi connectivity index (χ1) is 15.1. The number of hydrogen-bond donors (Lipinski definition) is 0. The number of benzene rings is 3. The van der Waals surface area contributed by atoms with Crippen molar-refractivity contribution in [2.24, 2.45) is 0 Å². The predicted octanol–water partition coefficient (Wildman–Crippen LogP) is 5.82. The zero-order valence-corrected chi connectivity index (χ0v) is 18.2. The second-order valence-corrected chi connectivity index (χ2v) is 8.50. The van der Waals surface area contributed by atoms with Crippen LogP contribution in [0.2, 0.25) is 5.02 Å². The summed E-state index contributed by atoms with van der Waals surface area (Å²) in [5, 5.41) is 0.728. The average molecular weight is 430 g/mol. The van der Waals surface area contributed by atoms with Crippen LogP contribution in [0.4, 0.5) is 5.69 Å². The van der Waals surface area contributed by atoms with Crippen molar-refractivity contribution in [1.82, 2.24) is 9.55 Å². The number of imidazole rings is 1. The van der Waals surface area contributed by atoms with Gasteiger partial charge in [0.15, 0.2) is 0 Å². The average Bonchev–Trinajstić information content (AvgIpc) is 3.36. The molecule has 1 saturated heterocycles. The number of aryl methyl sites for hydroxylation is 1. The topological polar surface area (TPSA) is 38.1 Å². The molecule has 0 bridgehead atoms. The molecular weight excluding hydrogens is 406 g/mol. The highest BCUT2D eigenvalue weighted by atomic mass is 35.5. The van der Waals surface area contributed by atoms with Crippen molar-refractivity contribution in [1.29, 1.82) is 0 Å². The number of hydrogen-bond acceptors (Lipinski definition) is 2. The second kappa shape index (κ2) is 8.20. The number of anilines is 1. The summed E-state index contributed by atoms with van der Waals surface area (Å²) in [6, 6.07) is 24.3. The molecular formula is C26H24ClN3O. The van der Waals surface area contributed by atoms with E-state index in [0.717, 1.165) is 39.6 Å². The van der Waals surface area contributed by atoms with Crippen LogP contribution in [0.15, 0.2) is 72.8 Å². The lowest BCUT2D eigenvalue weighted by Crippen LogP contribution is -2.25. The van der Waals surface area contributed by atoms with Crippen LogP contribution in [0.5, 0.6) is 0 Å². The Morgan fingerprint density at radius 2 is 1.74 bits per heavy atom. The van der Waals surface area contributed by atoms with Gasteiger partial charge >= 0.3 is 0 Å². The van der Waals surface area contributed by atoms with Crippen LogP contribution in [-0.4, -0.2) is 22.0 Å². The first-order valence-corrected chi connectivity index (χ1v) is 11.1. The van der Waals surface area contributed by atoms with E-state index < -0.39 is 0 Å². The fraction of sp³-hybridized carbons (Fsp3) is 0.231. The molecule has 1 aromatic heterocycles. The Morgan fingerprint density at radius 3 is 2.55 bits per heavy atom. The second-order valence-electron chi connectivity index (χ2n) is 8.06. The van der Waals surface area contributed by atoms with E-state index in [2.05, 4.69) is 29.7 Å². The SMILES string of the molecule is CCc1ccccc1N1C[C@@H](c2nc3ccccc3n2Cc2ccc(Cl)cc2)CC1=O. The van der Waals surface area contributed by atoms with Crippen LogP contribution >= 0.6 is 11.6 Å². The summed E-state index contributed by atoms with van der Waals surface area (Å²) in [6.07, 6.45) is 1.38. The van der Waals surface area contributed by atoms with Crippen LogP contribution in [0, 0.1) is 0 Å². The highest BCUT2D eigenvalue weighted by molar-refractivity contribution is 6.30. The molecule has 1 fully saturated rings. The molecule has 0 radical (unpaired) electrons. The molecule has 3 aromatic carbocycles. The predicted molar refractivity (Wildman–Crippen MR) is 126 cm³/mol. The van der Waals surface area contributed by atoms with Gasteiger partial charge < -0.3 is 9.47 Å². The number of para-hydroxylation sites is 3. The largest absolute Gasteiger partial charge is 0.323 e. The number of carbonyl (C=O) groups excluding carboxylic acids is 1. The number of aromatic nitrogens is 2. The van der Waals surface area contributed by atoms with Crippen LogP contribution in [0.1, 0.15) is 36.2 Å². The quantitative estimate of drug-likeness (QED) is 0.401. The van der Waals surface area contributed by atoms with Gasteiger partial charge in [-0.15, -0.1) is 0 Å². The third kappa shape index (κ3) is 3.72. The lowest BCUT2D eigenvalue weighted by Gasteiger charge is -2.20. The zero-order chi connectivity index (χ0) is 21.4. The van der Waals surface area contributed by atoms with Crippen LogP contribution in [-0.2, 0) is 17.8 Å². The summed E-state index contributed by atoms with van der Waals surface area (Å²) in [4.78, 5) is 19.9. The van der Waals surface area contributed by atoms with E-state index in [1.165, 1.54) is 5.56 Å². The summed E-state index contributed by atoms with van der Waals surface area (Å²) >= 11 is 6.08. The maximum absolute atomic E-state index is 13.0. The van der Waals surface area contributed by atoms with Crippen LogP contribution in [0.25, 0.3) is 11.0 Å². The highest BCUT2D eigenvalue weighted by Crippen LogP contribution is 2.35. The Kier molecular flexibility index (Phi) is 5.24. The summed E-state index contributed by atoms with van der Waals surface area (Å²) in [7, 11) is 0. The van der Waals surface area contributed by atoms with Crippen molar-refractivity contribution in [3.63, 3.8) is 0 Å². The van der Waals surface area contributed by atoms with Gasteiger partial charge in [0.05, 0.1) is 11.0 Å². The molecule has 0 aliphatic carbocycles.